The first-order chi connectivity index (χ1) is 13.9. The molecule has 9 heteroatoms. The third-order valence-electron chi connectivity index (χ3n) is 5.55. The van der Waals surface area contributed by atoms with Gasteiger partial charge in [-0.05, 0) is 31.5 Å². The molecule has 0 spiro atoms. The fourth-order valence-electron chi connectivity index (χ4n) is 4.41. The van der Waals surface area contributed by atoms with Gasteiger partial charge in [0.1, 0.15) is 28.7 Å². The zero-order chi connectivity index (χ0) is 22.2. The van der Waals surface area contributed by atoms with E-state index in [1.807, 2.05) is 0 Å². The van der Waals surface area contributed by atoms with Gasteiger partial charge >= 0.3 is 0 Å². The number of nitrogens with zero attached hydrogens (tertiary/aromatic N) is 2. The fourth-order valence-corrected chi connectivity index (χ4v) is 4.70. The number of aromatic nitrogens is 2. The van der Waals surface area contributed by atoms with Crippen LogP contribution in [0, 0.1) is 37.1 Å². The Morgan fingerprint density at radius 1 is 0.933 bits per heavy atom. The van der Waals surface area contributed by atoms with E-state index < -0.39 is 46.6 Å². The van der Waals surface area contributed by atoms with Crippen LogP contribution in [0.5, 0.6) is 0 Å². The van der Waals surface area contributed by atoms with Gasteiger partial charge in [0, 0.05) is 42.3 Å². The van der Waals surface area contributed by atoms with Crippen LogP contribution in [-0.4, -0.2) is 15.7 Å². The summed E-state index contributed by atoms with van der Waals surface area (Å²) < 4.78 is 87.7. The number of alkyl halides is 2. The van der Waals surface area contributed by atoms with Crippen molar-refractivity contribution in [2.24, 2.45) is 7.05 Å². The third-order valence-corrected chi connectivity index (χ3v) is 5.85. The van der Waals surface area contributed by atoms with Gasteiger partial charge in [0.2, 0.25) is 0 Å². The van der Waals surface area contributed by atoms with Crippen molar-refractivity contribution in [2.75, 3.05) is 0 Å². The van der Waals surface area contributed by atoms with Gasteiger partial charge in [0.25, 0.3) is 5.92 Å². The molecule has 0 amide bonds. The van der Waals surface area contributed by atoms with Crippen molar-refractivity contribution in [3.8, 4) is 11.1 Å². The van der Waals surface area contributed by atoms with E-state index in [2.05, 4.69) is 5.10 Å². The van der Waals surface area contributed by atoms with Crippen LogP contribution in [-0.2, 0) is 12.5 Å². The van der Waals surface area contributed by atoms with Crippen LogP contribution in [0.1, 0.15) is 28.9 Å². The molecule has 0 aliphatic heterocycles. The van der Waals surface area contributed by atoms with E-state index in [0.717, 1.165) is 16.8 Å². The highest BCUT2D eigenvalue weighted by molar-refractivity contribution is 6.33. The van der Waals surface area contributed by atoms with Crippen molar-refractivity contribution in [2.45, 2.75) is 31.6 Å². The van der Waals surface area contributed by atoms with Crippen LogP contribution in [0.25, 0.3) is 11.1 Å². The highest BCUT2D eigenvalue weighted by atomic mass is 35.5. The molecule has 1 heterocycles. The molecule has 0 saturated heterocycles. The van der Waals surface area contributed by atoms with E-state index in [9.17, 15) is 26.3 Å². The number of hydrogen-bond donors (Lipinski definition) is 0. The minimum absolute atomic E-state index is 0.0137. The lowest BCUT2D eigenvalue weighted by Crippen LogP contribution is -2.25. The lowest BCUT2D eigenvalue weighted by molar-refractivity contribution is 0.0939. The van der Waals surface area contributed by atoms with Crippen LogP contribution in [0.4, 0.5) is 26.3 Å². The molecule has 3 aromatic rings. The molecule has 1 unspecified atom stereocenters. The van der Waals surface area contributed by atoms with Crippen molar-refractivity contribution in [1.29, 1.82) is 0 Å². The Hall–Kier alpha value is -2.48. The van der Waals surface area contributed by atoms with Gasteiger partial charge < -0.3 is 0 Å². The van der Waals surface area contributed by atoms with E-state index in [4.69, 9.17) is 11.6 Å². The maximum Gasteiger partial charge on any atom is 0.264 e. The van der Waals surface area contributed by atoms with Crippen LogP contribution in [0.2, 0.25) is 5.02 Å². The zero-order valence-corrected chi connectivity index (χ0v) is 16.8. The Labute approximate surface area is 173 Å². The van der Waals surface area contributed by atoms with Gasteiger partial charge in [0.15, 0.2) is 0 Å². The molecular formula is C21H15ClF6N2. The van der Waals surface area contributed by atoms with E-state index in [1.54, 1.807) is 0 Å². The van der Waals surface area contributed by atoms with Crippen molar-refractivity contribution in [3.05, 3.63) is 75.1 Å². The van der Waals surface area contributed by atoms with Gasteiger partial charge in [-0.25, -0.2) is 26.3 Å². The van der Waals surface area contributed by atoms with Crippen molar-refractivity contribution in [3.63, 3.8) is 0 Å². The molecule has 2 nitrogen and oxygen atoms in total. The first-order valence-electron chi connectivity index (χ1n) is 8.93. The summed E-state index contributed by atoms with van der Waals surface area (Å²) in [4.78, 5) is 0. The smallest absolute Gasteiger partial charge is 0.264 e. The minimum atomic E-state index is -3.41. The summed E-state index contributed by atoms with van der Waals surface area (Å²) in [6.45, 7) is 2.78. The molecule has 1 saturated carbocycles. The van der Waals surface area contributed by atoms with E-state index in [1.165, 1.54) is 20.9 Å². The van der Waals surface area contributed by atoms with E-state index >= 15 is 0 Å². The van der Waals surface area contributed by atoms with Crippen LogP contribution in [0.15, 0.2) is 24.3 Å². The summed E-state index contributed by atoms with van der Waals surface area (Å²) in [5.74, 6) is -7.44. The van der Waals surface area contributed by atoms with E-state index in [0.29, 0.717) is 12.1 Å². The summed E-state index contributed by atoms with van der Waals surface area (Å²) in [7, 11) is 1.37. The molecule has 1 atom stereocenters. The summed E-state index contributed by atoms with van der Waals surface area (Å²) >= 11 is 6.07. The number of halogens is 7. The first kappa shape index (κ1) is 20.8. The second kappa shape index (κ2) is 6.51. The molecule has 2 aromatic carbocycles. The molecule has 30 heavy (non-hydrogen) atoms. The third kappa shape index (κ3) is 2.76. The Bertz CT molecular complexity index is 1160. The Kier molecular flexibility index (Phi) is 4.51. The molecular weight excluding hydrogens is 430 g/mol. The molecule has 0 N–H and O–H groups in total. The average molecular weight is 445 g/mol. The summed E-state index contributed by atoms with van der Waals surface area (Å²) in [6, 6.07) is 2.94. The average Bonchev–Trinajstić information content (AvgIpc) is 3.00. The van der Waals surface area contributed by atoms with Crippen LogP contribution >= 0.6 is 11.6 Å². The Morgan fingerprint density at radius 3 is 2.03 bits per heavy atom. The summed E-state index contributed by atoms with van der Waals surface area (Å²) in [5.41, 5.74) is -3.00. The quantitative estimate of drug-likeness (QED) is 0.437. The minimum Gasteiger partial charge on any atom is -0.271 e. The first-order valence-corrected chi connectivity index (χ1v) is 9.31. The maximum atomic E-state index is 14.9. The van der Waals surface area contributed by atoms with Crippen molar-refractivity contribution >= 4 is 11.6 Å². The van der Waals surface area contributed by atoms with Crippen molar-refractivity contribution < 1.29 is 26.3 Å². The number of rotatable bonds is 3. The zero-order valence-electron chi connectivity index (χ0n) is 16.1. The summed E-state index contributed by atoms with van der Waals surface area (Å²) in [5, 5.41) is 3.80. The van der Waals surface area contributed by atoms with Crippen LogP contribution < -0.4 is 0 Å². The predicted octanol–water partition coefficient (Wildman–Crippen LogP) is 6.24. The maximum absolute atomic E-state index is 14.9. The molecule has 0 bridgehead atoms. The lowest BCUT2D eigenvalue weighted by atomic mass is 9.83. The number of benzene rings is 2. The number of aryl methyl sites for hydroxylation is 3. The van der Waals surface area contributed by atoms with Gasteiger partial charge in [-0.2, -0.15) is 5.10 Å². The normalized spacial score (nSPS) is 19.9. The topological polar surface area (TPSA) is 17.8 Å². The van der Waals surface area contributed by atoms with Gasteiger partial charge in [0.05, 0.1) is 16.4 Å². The van der Waals surface area contributed by atoms with Gasteiger partial charge in [-0.15, -0.1) is 0 Å². The molecule has 1 fully saturated rings. The van der Waals surface area contributed by atoms with Crippen LogP contribution in [0.3, 0.4) is 0 Å². The molecule has 158 valence electrons. The molecule has 0 radical (unpaired) electrons. The van der Waals surface area contributed by atoms with E-state index in [-0.39, 0.29) is 33.1 Å². The molecule has 1 aliphatic carbocycles. The molecule has 4 rings (SSSR count). The standard InChI is InChI=1S/C21H15ClF6N2/c1-9-4-11(23)7-15(26)18(9)20(8-21(20,27)28)19-16(10(2)29-30(19)3)17-13(22)5-12(24)6-14(17)25/h4-7H,8H2,1-3H3. The van der Waals surface area contributed by atoms with Gasteiger partial charge in [-0.1, -0.05) is 11.6 Å². The predicted molar refractivity (Wildman–Crippen MR) is 99.7 cm³/mol. The Morgan fingerprint density at radius 2 is 1.50 bits per heavy atom. The molecule has 1 aromatic heterocycles. The fraction of sp³-hybridized carbons (Fsp3) is 0.286. The number of hydrogen-bond acceptors (Lipinski definition) is 1. The SMILES string of the molecule is Cc1cc(F)cc(F)c1C1(c2c(-c3c(F)cc(F)cc3Cl)c(C)nn2C)CC1(F)F. The highest BCUT2D eigenvalue weighted by Gasteiger charge is 2.76. The second-order valence-corrected chi connectivity index (χ2v) is 7.95. The largest absolute Gasteiger partial charge is 0.271 e. The second-order valence-electron chi connectivity index (χ2n) is 7.54. The monoisotopic (exact) mass is 444 g/mol. The van der Waals surface area contributed by atoms with Crippen molar-refractivity contribution in [1.82, 2.24) is 9.78 Å². The Balaban J connectivity index is 2.10. The highest BCUT2D eigenvalue weighted by Crippen LogP contribution is 2.67. The molecule has 1 aliphatic rings. The lowest BCUT2D eigenvalue weighted by Gasteiger charge is -2.23. The van der Waals surface area contributed by atoms with Gasteiger partial charge in [-0.3, -0.25) is 4.68 Å². The summed E-state index contributed by atoms with van der Waals surface area (Å²) in [6.07, 6.45) is -0.782.